The predicted octanol–water partition coefficient (Wildman–Crippen LogP) is 3.73. The molecular weight excluding hydrogens is 215 g/mol. The van der Waals surface area contributed by atoms with Crippen LogP contribution in [0.1, 0.15) is 12.1 Å². The minimum Gasteiger partial charge on any atom is -0.261 e. The molecule has 84 valence electrons. The van der Waals surface area contributed by atoms with Crippen LogP contribution < -0.4 is 0 Å². The van der Waals surface area contributed by atoms with Crippen LogP contribution >= 0.6 is 0 Å². The molecule has 0 radical (unpaired) electrons. The Labute approximate surface area is 90.9 Å². The van der Waals surface area contributed by atoms with Crippen molar-refractivity contribution < 1.29 is 13.2 Å². The van der Waals surface area contributed by atoms with E-state index in [-0.39, 0.29) is 6.42 Å². The molecule has 0 saturated carbocycles. The Hall–Kier alpha value is -1.58. The smallest absolute Gasteiger partial charge is 0.261 e. The maximum absolute atomic E-state index is 12.1. The van der Waals surface area contributed by atoms with E-state index in [0.29, 0.717) is 5.69 Å². The average Bonchev–Trinajstić information content (AvgIpc) is 2.25. The van der Waals surface area contributed by atoms with Crippen LogP contribution in [0, 0.1) is 0 Å². The summed E-state index contributed by atoms with van der Waals surface area (Å²) in [5.41, 5.74) is 0.510. The summed E-state index contributed by atoms with van der Waals surface area (Å²) < 4.78 is 36.3. The standard InChI is InChI=1S/C12H10F3N/c13-12(14,15)7-5-11-10-4-2-1-3-9(10)6-8-16-11/h1-4,6,8H,5,7H2. The van der Waals surface area contributed by atoms with E-state index in [1.807, 2.05) is 12.1 Å². The fourth-order valence-electron chi connectivity index (χ4n) is 1.64. The van der Waals surface area contributed by atoms with Gasteiger partial charge in [-0.15, -0.1) is 0 Å². The first-order chi connectivity index (χ1) is 7.56. The normalized spacial score (nSPS) is 11.9. The van der Waals surface area contributed by atoms with E-state index in [1.54, 1.807) is 24.4 Å². The van der Waals surface area contributed by atoms with E-state index in [1.165, 1.54) is 0 Å². The van der Waals surface area contributed by atoms with Crippen molar-refractivity contribution in [1.29, 1.82) is 0 Å². The largest absolute Gasteiger partial charge is 0.389 e. The molecule has 0 fully saturated rings. The molecule has 0 unspecified atom stereocenters. The molecule has 0 amide bonds. The lowest BCUT2D eigenvalue weighted by Crippen LogP contribution is -2.09. The zero-order chi connectivity index (χ0) is 11.6. The van der Waals surface area contributed by atoms with Crippen LogP contribution in [0.2, 0.25) is 0 Å². The van der Waals surface area contributed by atoms with E-state index in [0.717, 1.165) is 10.8 Å². The molecule has 16 heavy (non-hydrogen) atoms. The van der Waals surface area contributed by atoms with Crippen LogP contribution in [-0.4, -0.2) is 11.2 Å². The topological polar surface area (TPSA) is 12.9 Å². The lowest BCUT2D eigenvalue weighted by molar-refractivity contribution is -0.134. The quantitative estimate of drug-likeness (QED) is 0.758. The average molecular weight is 225 g/mol. The third kappa shape index (κ3) is 2.51. The minimum absolute atomic E-state index is 0.0646. The second-order valence-corrected chi connectivity index (χ2v) is 3.59. The zero-order valence-corrected chi connectivity index (χ0v) is 8.46. The van der Waals surface area contributed by atoms with Gasteiger partial charge in [-0.1, -0.05) is 24.3 Å². The lowest BCUT2D eigenvalue weighted by atomic mass is 10.1. The first-order valence-electron chi connectivity index (χ1n) is 4.96. The van der Waals surface area contributed by atoms with Gasteiger partial charge in [0.2, 0.25) is 0 Å². The number of aromatic nitrogens is 1. The van der Waals surface area contributed by atoms with Crippen molar-refractivity contribution in [3.05, 3.63) is 42.2 Å². The maximum atomic E-state index is 12.1. The highest BCUT2D eigenvalue weighted by atomic mass is 19.4. The van der Waals surface area contributed by atoms with Crippen LogP contribution in [-0.2, 0) is 6.42 Å². The highest BCUT2D eigenvalue weighted by Gasteiger charge is 2.26. The Morgan fingerprint density at radius 3 is 2.56 bits per heavy atom. The number of rotatable bonds is 2. The van der Waals surface area contributed by atoms with E-state index in [2.05, 4.69) is 4.98 Å². The summed E-state index contributed by atoms with van der Waals surface area (Å²) in [5, 5.41) is 1.73. The fourth-order valence-corrected chi connectivity index (χ4v) is 1.64. The molecule has 2 aromatic rings. The number of nitrogens with zero attached hydrogens (tertiary/aromatic N) is 1. The summed E-state index contributed by atoms with van der Waals surface area (Å²) >= 11 is 0. The van der Waals surface area contributed by atoms with E-state index in [9.17, 15) is 13.2 Å². The van der Waals surface area contributed by atoms with Crippen molar-refractivity contribution in [1.82, 2.24) is 4.98 Å². The minimum atomic E-state index is -4.13. The summed E-state index contributed by atoms with van der Waals surface area (Å²) in [6.45, 7) is 0. The van der Waals surface area contributed by atoms with Gasteiger partial charge in [0.05, 0.1) is 0 Å². The number of aryl methyl sites for hydroxylation is 1. The number of alkyl halides is 3. The van der Waals surface area contributed by atoms with Crippen molar-refractivity contribution in [3.8, 4) is 0 Å². The maximum Gasteiger partial charge on any atom is 0.389 e. The first-order valence-corrected chi connectivity index (χ1v) is 4.96. The highest BCUT2D eigenvalue weighted by molar-refractivity contribution is 5.84. The second-order valence-electron chi connectivity index (χ2n) is 3.59. The molecule has 2 rings (SSSR count). The molecular formula is C12H10F3N. The zero-order valence-electron chi connectivity index (χ0n) is 8.46. The van der Waals surface area contributed by atoms with Crippen molar-refractivity contribution >= 4 is 10.8 Å². The molecule has 0 spiro atoms. The van der Waals surface area contributed by atoms with Crippen molar-refractivity contribution in [3.63, 3.8) is 0 Å². The molecule has 0 bridgehead atoms. The van der Waals surface area contributed by atoms with Crippen molar-refractivity contribution in [2.24, 2.45) is 0 Å². The fraction of sp³-hybridized carbons (Fsp3) is 0.250. The van der Waals surface area contributed by atoms with Crippen LogP contribution in [0.25, 0.3) is 10.8 Å². The van der Waals surface area contributed by atoms with Crippen molar-refractivity contribution in [2.45, 2.75) is 19.0 Å². The van der Waals surface area contributed by atoms with E-state index in [4.69, 9.17) is 0 Å². The van der Waals surface area contributed by atoms with Gasteiger partial charge in [-0.3, -0.25) is 4.98 Å². The Balaban J connectivity index is 2.30. The molecule has 1 aromatic carbocycles. The van der Waals surface area contributed by atoms with Gasteiger partial charge in [0.15, 0.2) is 0 Å². The Kier molecular flexibility index (Phi) is 2.81. The van der Waals surface area contributed by atoms with Gasteiger partial charge in [0.25, 0.3) is 0 Å². The third-order valence-corrected chi connectivity index (χ3v) is 2.40. The summed E-state index contributed by atoms with van der Waals surface area (Å²) in [4.78, 5) is 4.01. The molecule has 0 aliphatic carbocycles. The van der Waals surface area contributed by atoms with Crippen LogP contribution in [0.3, 0.4) is 0 Å². The van der Waals surface area contributed by atoms with E-state index >= 15 is 0 Å². The van der Waals surface area contributed by atoms with Gasteiger partial charge in [-0.2, -0.15) is 13.2 Å². The Morgan fingerprint density at radius 1 is 1.06 bits per heavy atom. The van der Waals surface area contributed by atoms with Crippen LogP contribution in [0.15, 0.2) is 36.5 Å². The lowest BCUT2D eigenvalue weighted by Gasteiger charge is -2.07. The molecule has 0 N–H and O–H groups in total. The summed E-state index contributed by atoms with van der Waals surface area (Å²) in [7, 11) is 0. The summed E-state index contributed by atoms with van der Waals surface area (Å²) in [5.74, 6) is 0. The summed E-state index contributed by atoms with van der Waals surface area (Å²) in [6, 6.07) is 9.13. The van der Waals surface area contributed by atoms with Gasteiger partial charge < -0.3 is 0 Å². The molecule has 4 heteroatoms. The summed E-state index contributed by atoms with van der Waals surface area (Å²) in [6.07, 6.45) is -3.47. The number of hydrogen-bond donors (Lipinski definition) is 0. The molecule has 1 heterocycles. The third-order valence-electron chi connectivity index (χ3n) is 2.40. The number of benzene rings is 1. The van der Waals surface area contributed by atoms with Gasteiger partial charge >= 0.3 is 6.18 Å². The molecule has 0 aliphatic heterocycles. The van der Waals surface area contributed by atoms with Crippen molar-refractivity contribution in [2.75, 3.05) is 0 Å². The predicted molar refractivity (Wildman–Crippen MR) is 56.1 cm³/mol. The second kappa shape index (κ2) is 4.12. The molecule has 0 saturated heterocycles. The van der Waals surface area contributed by atoms with Gasteiger partial charge in [0, 0.05) is 23.7 Å². The molecule has 0 atom stereocenters. The molecule has 1 nitrogen and oxygen atoms in total. The number of halogens is 3. The molecule has 0 aliphatic rings. The number of fused-ring (bicyclic) bond motifs is 1. The van der Waals surface area contributed by atoms with Gasteiger partial charge in [-0.25, -0.2) is 0 Å². The van der Waals surface area contributed by atoms with Crippen LogP contribution in [0.5, 0.6) is 0 Å². The Bertz CT molecular complexity index is 486. The SMILES string of the molecule is FC(F)(F)CCc1nccc2ccccc12. The van der Waals surface area contributed by atoms with Gasteiger partial charge in [0.1, 0.15) is 0 Å². The highest BCUT2D eigenvalue weighted by Crippen LogP contribution is 2.24. The molecule has 1 aromatic heterocycles. The number of pyridine rings is 1. The monoisotopic (exact) mass is 225 g/mol. The van der Waals surface area contributed by atoms with Gasteiger partial charge in [-0.05, 0) is 17.9 Å². The van der Waals surface area contributed by atoms with E-state index < -0.39 is 12.6 Å². The number of hydrogen-bond acceptors (Lipinski definition) is 1. The Morgan fingerprint density at radius 2 is 1.81 bits per heavy atom. The first kappa shape index (κ1) is 10.9. The van der Waals surface area contributed by atoms with Crippen LogP contribution in [0.4, 0.5) is 13.2 Å².